The number of amides is 2. The van der Waals surface area contributed by atoms with E-state index < -0.39 is 17.2 Å². The molecule has 0 saturated heterocycles. The fourth-order valence-electron chi connectivity index (χ4n) is 3.40. The summed E-state index contributed by atoms with van der Waals surface area (Å²) >= 11 is 0. The highest BCUT2D eigenvalue weighted by molar-refractivity contribution is 6.35. The number of pyridine rings is 1. The molecule has 134 valence electrons. The summed E-state index contributed by atoms with van der Waals surface area (Å²) < 4.78 is 0. The fourth-order valence-corrected chi connectivity index (χ4v) is 3.40. The highest BCUT2D eigenvalue weighted by atomic mass is 16.2. The lowest BCUT2D eigenvalue weighted by Crippen LogP contribution is -2.30. The minimum absolute atomic E-state index is 0.0869. The first kappa shape index (κ1) is 16.9. The number of aromatic amines is 1. The number of benzene rings is 2. The molecule has 0 radical (unpaired) electrons. The molecule has 0 bridgehead atoms. The van der Waals surface area contributed by atoms with Crippen LogP contribution in [0.4, 0.5) is 5.69 Å². The van der Waals surface area contributed by atoms with Gasteiger partial charge in [-0.2, -0.15) is 0 Å². The Morgan fingerprint density at radius 3 is 2.26 bits per heavy atom. The number of carbonyl (C=O) groups excluding carboxylic acids is 3. The number of para-hydroxylation sites is 1. The van der Waals surface area contributed by atoms with Gasteiger partial charge in [0.05, 0.1) is 27.9 Å². The van der Waals surface area contributed by atoms with Crippen LogP contribution in [-0.4, -0.2) is 22.6 Å². The summed E-state index contributed by atoms with van der Waals surface area (Å²) in [6.07, 6.45) is 2.29. The van der Waals surface area contributed by atoms with Gasteiger partial charge in [-0.25, -0.2) is 4.90 Å². The smallest absolute Gasteiger partial charge is 0.266 e. The van der Waals surface area contributed by atoms with Crippen LogP contribution in [0.25, 0.3) is 10.9 Å². The topological polar surface area (TPSA) is 87.3 Å². The Kier molecular flexibility index (Phi) is 3.96. The van der Waals surface area contributed by atoms with E-state index in [1.54, 1.807) is 42.5 Å². The number of carbonyl (C=O) groups is 3. The minimum Gasteiger partial charge on any atom is -0.359 e. The number of ketones is 1. The summed E-state index contributed by atoms with van der Waals surface area (Å²) in [6, 6.07) is 11.4. The molecule has 6 heteroatoms. The van der Waals surface area contributed by atoms with E-state index in [1.807, 2.05) is 6.92 Å². The number of Topliss-reactive ketones (excluding diaryl/α,β-unsaturated/α-hetero) is 1. The molecule has 2 heterocycles. The van der Waals surface area contributed by atoms with Crippen LogP contribution in [0.2, 0.25) is 0 Å². The van der Waals surface area contributed by atoms with Gasteiger partial charge in [0.15, 0.2) is 11.2 Å². The molecule has 1 aliphatic heterocycles. The number of imide groups is 1. The average molecular weight is 360 g/mol. The van der Waals surface area contributed by atoms with Crippen molar-refractivity contribution >= 4 is 34.2 Å². The summed E-state index contributed by atoms with van der Waals surface area (Å²) in [5.74, 6) is -1.10. The monoisotopic (exact) mass is 360 g/mol. The molecule has 0 atom stereocenters. The van der Waals surface area contributed by atoms with Crippen molar-refractivity contribution in [3.63, 3.8) is 0 Å². The van der Waals surface area contributed by atoms with Crippen molar-refractivity contribution in [2.75, 3.05) is 4.90 Å². The molecule has 2 amide bonds. The Morgan fingerprint density at radius 2 is 1.63 bits per heavy atom. The van der Waals surface area contributed by atoms with Crippen LogP contribution in [-0.2, 0) is 0 Å². The number of H-pyrrole nitrogens is 1. The van der Waals surface area contributed by atoms with Gasteiger partial charge in [-0.3, -0.25) is 19.2 Å². The first-order chi connectivity index (χ1) is 13.0. The predicted molar refractivity (Wildman–Crippen MR) is 101 cm³/mol. The molecule has 0 aliphatic carbocycles. The van der Waals surface area contributed by atoms with Crippen LogP contribution in [0.1, 0.15) is 50.8 Å². The van der Waals surface area contributed by atoms with Gasteiger partial charge < -0.3 is 4.98 Å². The largest absolute Gasteiger partial charge is 0.359 e. The maximum Gasteiger partial charge on any atom is 0.266 e. The van der Waals surface area contributed by atoms with Crippen molar-refractivity contribution in [2.45, 2.75) is 19.8 Å². The summed E-state index contributed by atoms with van der Waals surface area (Å²) in [5, 5.41) is 0.269. The third-order valence-electron chi connectivity index (χ3n) is 4.70. The highest BCUT2D eigenvalue weighted by Crippen LogP contribution is 2.31. The minimum atomic E-state index is -0.435. The van der Waals surface area contributed by atoms with Gasteiger partial charge in [0, 0.05) is 18.0 Å². The zero-order valence-electron chi connectivity index (χ0n) is 14.6. The normalized spacial score (nSPS) is 13.3. The van der Waals surface area contributed by atoms with E-state index in [1.165, 1.54) is 6.20 Å². The molecule has 2 aromatic carbocycles. The molecular formula is C21H16N2O4. The summed E-state index contributed by atoms with van der Waals surface area (Å²) in [4.78, 5) is 54.5. The number of hydrogen-bond donors (Lipinski definition) is 1. The molecule has 4 rings (SSSR count). The van der Waals surface area contributed by atoms with Gasteiger partial charge in [0.25, 0.3) is 11.8 Å². The van der Waals surface area contributed by atoms with Crippen LogP contribution >= 0.6 is 0 Å². The molecule has 1 aromatic heterocycles. The van der Waals surface area contributed by atoms with Gasteiger partial charge in [0.2, 0.25) is 0 Å². The van der Waals surface area contributed by atoms with E-state index in [2.05, 4.69) is 4.98 Å². The quantitative estimate of drug-likeness (QED) is 0.571. The first-order valence-electron chi connectivity index (χ1n) is 8.70. The number of aromatic nitrogens is 1. The number of rotatable bonds is 4. The fraction of sp³-hybridized carbons (Fsp3) is 0.143. The van der Waals surface area contributed by atoms with E-state index in [9.17, 15) is 19.2 Å². The summed E-state index contributed by atoms with van der Waals surface area (Å²) in [5.41, 5.74) is 0.994. The Bertz CT molecular complexity index is 1140. The second-order valence-corrected chi connectivity index (χ2v) is 6.40. The van der Waals surface area contributed by atoms with Crippen LogP contribution < -0.4 is 10.3 Å². The van der Waals surface area contributed by atoms with E-state index in [0.29, 0.717) is 28.8 Å². The number of hydrogen-bond acceptors (Lipinski definition) is 4. The zero-order chi connectivity index (χ0) is 19.1. The third-order valence-corrected chi connectivity index (χ3v) is 4.70. The Hall–Kier alpha value is -3.54. The Balaban J connectivity index is 1.89. The van der Waals surface area contributed by atoms with Crippen LogP contribution in [0.5, 0.6) is 0 Å². The number of anilines is 1. The molecule has 1 aliphatic rings. The van der Waals surface area contributed by atoms with Gasteiger partial charge in [0.1, 0.15) is 0 Å². The van der Waals surface area contributed by atoms with Crippen molar-refractivity contribution in [2.24, 2.45) is 0 Å². The molecular weight excluding hydrogens is 344 g/mol. The lowest BCUT2D eigenvalue weighted by Gasteiger charge is -2.16. The predicted octanol–water partition coefficient (Wildman–Crippen LogP) is 3.31. The molecule has 27 heavy (non-hydrogen) atoms. The van der Waals surface area contributed by atoms with Crippen molar-refractivity contribution in [3.8, 4) is 0 Å². The lowest BCUT2D eigenvalue weighted by atomic mass is 10.0. The second kappa shape index (κ2) is 6.32. The standard InChI is InChI=1S/C21H16N2O4/c1-2-6-17(24)15-11-22-18-14(19(15)25)9-5-10-16(18)23-20(26)12-7-3-4-8-13(12)21(23)27/h3-5,7-11H,2,6H2,1H3,(H,22,25). The molecule has 0 saturated carbocycles. The van der Waals surface area contributed by atoms with Crippen molar-refractivity contribution < 1.29 is 14.4 Å². The molecule has 0 fully saturated rings. The number of nitrogens with one attached hydrogen (secondary N) is 1. The zero-order valence-corrected chi connectivity index (χ0v) is 14.6. The van der Waals surface area contributed by atoms with Gasteiger partial charge in [-0.05, 0) is 30.7 Å². The SMILES string of the molecule is CCCC(=O)c1c[nH]c2c(N3C(=O)c4ccccc4C3=O)cccc2c1=O. The summed E-state index contributed by atoms with van der Waals surface area (Å²) in [6.45, 7) is 1.87. The van der Waals surface area contributed by atoms with Gasteiger partial charge in [-0.15, -0.1) is 0 Å². The molecule has 3 aromatic rings. The molecule has 1 N–H and O–H groups in total. The van der Waals surface area contributed by atoms with Crippen LogP contribution in [0, 0.1) is 0 Å². The number of nitrogens with zero attached hydrogens (tertiary/aromatic N) is 1. The van der Waals surface area contributed by atoms with Crippen LogP contribution in [0.15, 0.2) is 53.5 Å². The molecule has 6 nitrogen and oxygen atoms in total. The Morgan fingerprint density at radius 1 is 0.963 bits per heavy atom. The van der Waals surface area contributed by atoms with E-state index in [0.717, 1.165) is 4.90 Å². The van der Waals surface area contributed by atoms with Crippen molar-refractivity contribution in [1.82, 2.24) is 4.98 Å². The van der Waals surface area contributed by atoms with E-state index >= 15 is 0 Å². The maximum atomic E-state index is 12.8. The van der Waals surface area contributed by atoms with Gasteiger partial charge >= 0.3 is 0 Å². The second-order valence-electron chi connectivity index (χ2n) is 6.40. The highest BCUT2D eigenvalue weighted by Gasteiger charge is 2.37. The van der Waals surface area contributed by atoms with Gasteiger partial charge in [-0.1, -0.05) is 25.1 Å². The van der Waals surface area contributed by atoms with Crippen molar-refractivity contribution in [3.05, 3.63) is 75.6 Å². The average Bonchev–Trinajstić information content (AvgIpc) is 2.93. The van der Waals surface area contributed by atoms with Crippen LogP contribution in [0.3, 0.4) is 0 Å². The van der Waals surface area contributed by atoms with E-state index in [4.69, 9.17) is 0 Å². The molecule has 0 spiro atoms. The molecule has 0 unspecified atom stereocenters. The number of fused-ring (bicyclic) bond motifs is 2. The van der Waals surface area contributed by atoms with E-state index in [-0.39, 0.29) is 23.2 Å². The first-order valence-corrected chi connectivity index (χ1v) is 8.70. The Labute approximate surface area is 154 Å². The third kappa shape index (κ3) is 2.49. The summed E-state index contributed by atoms with van der Waals surface area (Å²) in [7, 11) is 0. The maximum absolute atomic E-state index is 12.8. The lowest BCUT2D eigenvalue weighted by molar-refractivity contribution is 0.0924. The van der Waals surface area contributed by atoms with Crippen molar-refractivity contribution in [1.29, 1.82) is 0 Å².